The van der Waals surface area contributed by atoms with Crippen LogP contribution in [0.25, 0.3) is 11.1 Å². The molecule has 32 heavy (non-hydrogen) atoms. The number of ether oxygens (including phenoxy) is 1. The topological polar surface area (TPSA) is 58.6 Å². The van der Waals surface area contributed by atoms with Gasteiger partial charge in [-0.25, -0.2) is 0 Å². The molecule has 0 spiro atoms. The lowest BCUT2D eigenvalue weighted by atomic mass is 9.91. The number of benzene rings is 2. The monoisotopic (exact) mass is 434 g/mol. The van der Waals surface area contributed by atoms with Gasteiger partial charge in [0.05, 0.1) is 13.0 Å². The second kappa shape index (κ2) is 10.7. The Morgan fingerprint density at radius 1 is 1.06 bits per heavy atom. The van der Waals surface area contributed by atoms with Crippen molar-refractivity contribution in [2.24, 2.45) is 11.8 Å². The molecule has 1 saturated heterocycles. The van der Waals surface area contributed by atoms with Crippen molar-refractivity contribution in [2.75, 3.05) is 26.7 Å². The Hall–Kier alpha value is -2.82. The molecule has 0 radical (unpaired) electrons. The van der Waals surface area contributed by atoms with Crippen molar-refractivity contribution in [2.45, 2.75) is 44.9 Å². The number of carbonyl (C=O) groups excluding carboxylic acids is 2. The van der Waals surface area contributed by atoms with Crippen LogP contribution in [0.5, 0.6) is 5.75 Å². The molecule has 1 aliphatic heterocycles. The third-order valence-electron chi connectivity index (χ3n) is 6.97. The van der Waals surface area contributed by atoms with Crippen molar-refractivity contribution >= 4 is 11.8 Å². The van der Waals surface area contributed by atoms with E-state index in [0.29, 0.717) is 38.4 Å². The number of nitrogens with one attached hydrogen (secondary N) is 1. The Kier molecular flexibility index (Phi) is 7.46. The highest BCUT2D eigenvalue weighted by Gasteiger charge is 2.29. The van der Waals surface area contributed by atoms with E-state index >= 15 is 0 Å². The van der Waals surface area contributed by atoms with Gasteiger partial charge in [0.2, 0.25) is 11.8 Å². The molecule has 0 bridgehead atoms. The number of hydrogen-bond acceptors (Lipinski definition) is 3. The maximum absolute atomic E-state index is 13.0. The largest absolute Gasteiger partial charge is 0.496 e. The van der Waals surface area contributed by atoms with Crippen LogP contribution >= 0.6 is 0 Å². The standard InChI is InChI=1S/C27H34N2O3/c1-32-25-13-7-6-12-24(25)23-11-5-4-10-21(23)18-22-19-29(17-16-28-27(22)31)26(30)15-14-20-8-2-3-9-20/h4-7,10-13,20,22H,2-3,8-9,14-19H2,1H3,(H,28,31)/t22-/m0/s1. The summed E-state index contributed by atoms with van der Waals surface area (Å²) in [7, 11) is 1.68. The maximum atomic E-state index is 13.0. The number of hydrogen-bond donors (Lipinski definition) is 1. The predicted molar refractivity (Wildman–Crippen MR) is 126 cm³/mol. The summed E-state index contributed by atoms with van der Waals surface area (Å²) in [5.41, 5.74) is 3.18. The molecule has 2 aliphatic rings. The van der Waals surface area contributed by atoms with E-state index in [1.54, 1.807) is 7.11 Å². The minimum Gasteiger partial charge on any atom is -0.496 e. The molecule has 2 fully saturated rings. The molecule has 170 valence electrons. The third-order valence-corrected chi connectivity index (χ3v) is 6.97. The van der Waals surface area contributed by atoms with Crippen LogP contribution in [-0.2, 0) is 16.0 Å². The lowest BCUT2D eigenvalue weighted by molar-refractivity contribution is -0.132. The first-order valence-corrected chi connectivity index (χ1v) is 11.9. The van der Waals surface area contributed by atoms with Gasteiger partial charge in [-0.2, -0.15) is 0 Å². The van der Waals surface area contributed by atoms with Crippen molar-refractivity contribution in [3.63, 3.8) is 0 Å². The van der Waals surface area contributed by atoms with E-state index in [9.17, 15) is 9.59 Å². The summed E-state index contributed by atoms with van der Waals surface area (Å²) in [4.78, 5) is 27.7. The Bertz CT molecular complexity index is 936. The van der Waals surface area contributed by atoms with Gasteiger partial charge in [0.15, 0.2) is 0 Å². The molecule has 2 aromatic rings. The lowest BCUT2D eigenvalue weighted by Crippen LogP contribution is -2.37. The molecule has 5 nitrogen and oxygen atoms in total. The van der Waals surface area contributed by atoms with Gasteiger partial charge in [0.25, 0.3) is 0 Å². The average molecular weight is 435 g/mol. The third kappa shape index (κ3) is 5.32. The SMILES string of the molecule is COc1ccccc1-c1ccccc1C[C@H]1CN(C(=O)CCC2CCCC2)CCNC1=O. The van der Waals surface area contributed by atoms with Crippen LogP contribution in [0, 0.1) is 11.8 Å². The quantitative estimate of drug-likeness (QED) is 0.700. The number of para-hydroxylation sites is 1. The molecule has 1 heterocycles. The van der Waals surface area contributed by atoms with Gasteiger partial charge in [-0.05, 0) is 36.0 Å². The van der Waals surface area contributed by atoms with Gasteiger partial charge in [-0.3, -0.25) is 9.59 Å². The van der Waals surface area contributed by atoms with Crippen molar-refractivity contribution in [1.82, 2.24) is 10.2 Å². The summed E-state index contributed by atoms with van der Waals surface area (Å²) in [5.74, 6) is 1.48. The number of carbonyl (C=O) groups is 2. The first-order valence-electron chi connectivity index (χ1n) is 11.9. The molecule has 4 rings (SSSR count). The molecule has 0 aromatic heterocycles. The zero-order chi connectivity index (χ0) is 22.3. The molecular weight excluding hydrogens is 400 g/mol. The van der Waals surface area contributed by atoms with Crippen LogP contribution in [0.2, 0.25) is 0 Å². The van der Waals surface area contributed by atoms with E-state index < -0.39 is 0 Å². The second-order valence-corrected chi connectivity index (χ2v) is 9.08. The van der Waals surface area contributed by atoms with E-state index in [4.69, 9.17) is 4.74 Å². The molecule has 1 N–H and O–H groups in total. The van der Waals surface area contributed by atoms with Crippen LogP contribution in [0.15, 0.2) is 48.5 Å². The summed E-state index contributed by atoms with van der Waals surface area (Å²) in [6.07, 6.45) is 7.29. The molecular formula is C27H34N2O3. The van der Waals surface area contributed by atoms with Crippen LogP contribution < -0.4 is 10.1 Å². The summed E-state index contributed by atoms with van der Waals surface area (Å²) >= 11 is 0. The fourth-order valence-corrected chi connectivity index (χ4v) is 5.16. The van der Waals surface area contributed by atoms with Gasteiger partial charge < -0.3 is 15.0 Å². The lowest BCUT2D eigenvalue weighted by Gasteiger charge is -2.24. The van der Waals surface area contributed by atoms with E-state index in [1.165, 1.54) is 25.7 Å². The van der Waals surface area contributed by atoms with Crippen LogP contribution in [0.3, 0.4) is 0 Å². The first kappa shape index (κ1) is 22.4. The van der Waals surface area contributed by atoms with E-state index in [1.807, 2.05) is 41.3 Å². The highest BCUT2D eigenvalue weighted by Crippen LogP contribution is 2.33. The summed E-state index contributed by atoms with van der Waals surface area (Å²) < 4.78 is 5.57. The van der Waals surface area contributed by atoms with Gasteiger partial charge in [-0.15, -0.1) is 0 Å². The van der Waals surface area contributed by atoms with Crippen molar-refractivity contribution in [3.05, 3.63) is 54.1 Å². The Morgan fingerprint density at radius 3 is 2.56 bits per heavy atom. The first-order chi connectivity index (χ1) is 15.7. The highest BCUT2D eigenvalue weighted by atomic mass is 16.5. The van der Waals surface area contributed by atoms with Gasteiger partial charge in [0.1, 0.15) is 5.75 Å². The molecule has 0 unspecified atom stereocenters. The zero-order valence-electron chi connectivity index (χ0n) is 19.0. The predicted octanol–water partition coefficient (Wildman–Crippen LogP) is 4.45. The second-order valence-electron chi connectivity index (χ2n) is 9.08. The van der Waals surface area contributed by atoms with Crippen LogP contribution in [0.1, 0.15) is 44.1 Å². The summed E-state index contributed by atoms with van der Waals surface area (Å²) in [6, 6.07) is 16.1. The Morgan fingerprint density at radius 2 is 1.78 bits per heavy atom. The maximum Gasteiger partial charge on any atom is 0.225 e. The van der Waals surface area contributed by atoms with Gasteiger partial charge in [-0.1, -0.05) is 68.1 Å². The molecule has 5 heteroatoms. The fourth-order valence-electron chi connectivity index (χ4n) is 5.16. The zero-order valence-corrected chi connectivity index (χ0v) is 19.0. The van der Waals surface area contributed by atoms with Crippen LogP contribution in [0.4, 0.5) is 0 Å². The molecule has 1 atom stereocenters. The normalized spacial score (nSPS) is 19.5. The van der Waals surface area contributed by atoms with Crippen molar-refractivity contribution < 1.29 is 14.3 Å². The number of amides is 2. The van der Waals surface area contributed by atoms with Gasteiger partial charge in [0, 0.05) is 31.6 Å². The van der Waals surface area contributed by atoms with Gasteiger partial charge >= 0.3 is 0 Å². The molecule has 1 saturated carbocycles. The van der Waals surface area contributed by atoms with E-state index in [2.05, 4.69) is 17.4 Å². The van der Waals surface area contributed by atoms with Crippen LogP contribution in [-0.4, -0.2) is 43.5 Å². The molecule has 2 amide bonds. The summed E-state index contributed by atoms with van der Waals surface area (Å²) in [6.45, 7) is 1.61. The summed E-state index contributed by atoms with van der Waals surface area (Å²) in [5, 5.41) is 3.02. The Labute approximate surface area is 191 Å². The molecule has 1 aliphatic carbocycles. The number of methoxy groups -OCH3 is 1. The van der Waals surface area contributed by atoms with Crippen molar-refractivity contribution in [3.8, 4) is 16.9 Å². The molecule has 2 aromatic carbocycles. The van der Waals surface area contributed by atoms with E-state index in [0.717, 1.165) is 28.9 Å². The Balaban J connectivity index is 1.49. The smallest absolute Gasteiger partial charge is 0.225 e. The fraction of sp³-hybridized carbons (Fsp3) is 0.481. The van der Waals surface area contributed by atoms with Crippen molar-refractivity contribution in [1.29, 1.82) is 0 Å². The number of rotatable bonds is 7. The van der Waals surface area contributed by atoms with E-state index in [-0.39, 0.29) is 17.7 Å². The average Bonchev–Trinajstić information content (AvgIpc) is 3.28. The highest BCUT2D eigenvalue weighted by molar-refractivity contribution is 5.83. The number of nitrogens with zero attached hydrogens (tertiary/aromatic N) is 1. The minimum absolute atomic E-state index is 0.0333. The minimum atomic E-state index is -0.260.